The van der Waals surface area contributed by atoms with Gasteiger partial charge in [0.25, 0.3) is 0 Å². The van der Waals surface area contributed by atoms with Gasteiger partial charge in [-0.3, -0.25) is 0 Å². The summed E-state index contributed by atoms with van der Waals surface area (Å²) in [6.07, 6.45) is 0.489. The van der Waals surface area contributed by atoms with E-state index in [2.05, 4.69) is 15.9 Å². The maximum Gasteiger partial charge on any atom is 0.0909 e. The molecule has 2 aromatic rings. The Morgan fingerprint density at radius 3 is 2.56 bits per heavy atom. The van der Waals surface area contributed by atoms with Gasteiger partial charge in [-0.2, -0.15) is 0 Å². The minimum atomic E-state index is -0.936. The largest absolute Gasteiger partial charge is 0.385 e. The lowest BCUT2D eigenvalue weighted by molar-refractivity contribution is 0.0576. The molecule has 1 atom stereocenters. The number of benzene rings is 2. The fourth-order valence-corrected chi connectivity index (χ4v) is 2.54. The maximum atomic E-state index is 10.6. The van der Waals surface area contributed by atoms with E-state index in [1.807, 2.05) is 48.5 Å². The van der Waals surface area contributed by atoms with Gasteiger partial charge in [0.05, 0.1) is 5.60 Å². The first-order valence-electron chi connectivity index (χ1n) is 5.71. The van der Waals surface area contributed by atoms with Gasteiger partial charge in [0.2, 0.25) is 0 Å². The van der Waals surface area contributed by atoms with Crippen molar-refractivity contribution in [2.75, 3.05) is 0 Å². The monoisotopic (exact) mass is 324 g/mol. The molecule has 0 radical (unpaired) electrons. The fourth-order valence-electron chi connectivity index (χ4n) is 1.94. The molecular formula is C15H14BrClO. The zero-order valence-electron chi connectivity index (χ0n) is 10.0. The Balaban J connectivity index is 2.30. The van der Waals surface area contributed by atoms with Crippen molar-refractivity contribution < 1.29 is 5.11 Å². The summed E-state index contributed by atoms with van der Waals surface area (Å²) in [6, 6.07) is 15.3. The molecule has 0 saturated carbocycles. The Kier molecular flexibility index (Phi) is 4.10. The lowest BCUT2D eigenvalue weighted by Gasteiger charge is -2.24. The summed E-state index contributed by atoms with van der Waals surface area (Å²) < 4.78 is 0.958. The summed E-state index contributed by atoms with van der Waals surface area (Å²) in [4.78, 5) is 0. The Hall–Kier alpha value is -0.830. The van der Waals surface area contributed by atoms with Crippen LogP contribution < -0.4 is 0 Å². The van der Waals surface area contributed by atoms with Crippen molar-refractivity contribution in [2.45, 2.75) is 18.9 Å². The van der Waals surface area contributed by atoms with Crippen LogP contribution in [0.5, 0.6) is 0 Å². The van der Waals surface area contributed by atoms with Crippen molar-refractivity contribution >= 4 is 27.5 Å². The van der Waals surface area contributed by atoms with Crippen LogP contribution in [-0.2, 0) is 12.0 Å². The van der Waals surface area contributed by atoms with Crippen molar-refractivity contribution in [3.8, 4) is 0 Å². The molecule has 94 valence electrons. The van der Waals surface area contributed by atoms with Gasteiger partial charge >= 0.3 is 0 Å². The first-order valence-corrected chi connectivity index (χ1v) is 6.88. The molecule has 0 amide bonds. The zero-order chi connectivity index (χ0) is 13.2. The first kappa shape index (κ1) is 13.6. The Morgan fingerprint density at radius 2 is 1.89 bits per heavy atom. The minimum absolute atomic E-state index is 0.489. The van der Waals surface area contributed by atoms with E-state index < -0.39 is 5.60 Å². The zero-order valence-corrected chi connectivity index (χ0v) is 12.4. The van der Waals surface area contributed by atoms with Gasteiger partial charge in [0, 0.05) is 15.9 Å². The second kappa shape index (κ2) is 5.43. The van der Waals surface area contributed by atoms with E-state index in [4.69, 9.17) is 11.6 Å². The lowest BCUT2D eigenvalue weighted by Crippen LogP contribution is -2.24. The normalized spacial score (nSPS) is 14.2. The van der Waals surface area contributed by atoms with Gasteiger partial charge in [-0.15, -0.1) is 0 Å². The highest BCUT2D eigenvalue weighted by Crippen LogP contribution is 2.29. The van der Waals surface area contributed by atoms with E-state index >= 15 is 0 Å². The predicted octanol–water partition coefficient (Wildman–Crippen LogP) is 4.55. The molecule has 2 aromatic carbocycles. The molecule has 1 N–H and O–H groups in total. The molecule has 2 rings (SSSR count). The Bertz CT molecular complexity index is 552. The molecular weight excluding hydrogens is 312 g/mol. The van der Waals surface area contributed by atoms with Crippen LogP contribution in [-0.4, -0.2) is 5.11 Å². The Labute approximate surface area is 121 Å². The third-order valence-electron chi connectivity index (χ3n) is 2.94. The Morgan fingerprint density at radius 1 is 1.17 bits per heavy atom. The number of halogens is 2. The second-order valence-electron chi connectivity index (χ2n) is 4.55. The van der Waals surface area contributed by atoms with Crippen molar-refractivity contribution in [1.82, 2.24) is 0 Å². The predicted molar refractivity (Wildman–Crippen MR) is 78.9 cm³/mol. The van der Waals surface area contributed by atoms with Crippen LogP contribution in [0.4, 0.5) is 0 Å². The quantitative estimate of drug-likeness (QED) is 0.877. The molecule has 0 heterocycles. The van der Waals surface area contributed by atoms with Gasteiger partial charge in [0.15, 0.2) is 0 Å². The number of hydrogen-bond acceptors (Lipinski definition) is 1. The molecule has 0 aliphatic heterocycles. The standard InChI is InChI=1S/C15H14BrClO/c1-15(18,12-6-4-7-13(16)9-12)10-11-5-2-3-8-14(11)17/h2-9,18H,10H2,1H3. The third-order valence-corrected chi connectivity index (χ3v) is 3.80. The highest BCUT2D eigenvalue weighted by Gasteiger charge is 2.24. The molecule has 0 aliphatic rings. The molecule has 18 heavy (non-hydrogen) atoms. The van der Waals surface area contributed by atoms with E-state index in [0.717, 1.165) is 15.6 Å². The van der Waals surface area contributed by atoms with Crippen LogP contribution >= 0.6 is 27.5 Å². The molecule has 0 spiro atoms. The van der Waals surface area contributed by atoms with Gasteiger partial charge in [-0.05, 0) is 36.2 Å². The maximum absolute atomic E-state index is 10.6. The van der Waals surface area contributed by atoms with Crippen molar-refractivity contribution in [1.29, 1.82) is 0 Å². The number of rotatable bonds is 3. The highest BCUT2D eigenvalue weighted by molar-refractivity contribution is 9.10. The van der Waals surface area contributed by atoms with Gasteiger partial charge in [-0.1, -0.05) is 57.9 Å². The fraction of sp³-hybridized carbons (Fsp3) is 0.200. The summed E-state index contributed by atoms with van der Waals surface area (Å²) in [6.45, 7) is 1.80. The number of hydrogen-bond donors (Lipinski definition) is 1. The van der Waals surface area contributed by atoms with E-state index in [1.165, 1.54) is 0 Å². The van der Waals surface area contributed by atoms with Crippen molar-refractivity contribution in [3.05, 3.63) is 69.2 Å². The molecule has 1 unspecified atom stereocenters. The van der Waals surface area contributed by atoms with E-state index in [1.54, 1.807) is 6.92 Å². The number of aliphatic hydroxyl groups is 1. The smallest absolute Gasteiger partial charge is 0.0909 e. The molecule has 0 saturated heterocycles. The van der Waals surface area contributed by atoms with Crippen LogP contribution in [0.15, 0.2) is 53.0 Å². The molecule has 0 aromatic heterocycles. The van der Waals surface area contributed by atoms with Crippen LogP contribution in [0.1, 0.15) is 18.1 Å². The SMILES string of the molecule is CC(O)(Cc1ccccc1Cl)c1cccc(Br)c1. The summed E-state index contributed by atoms with van der Waals surface area (Å²) >= 11 is 9.55. The first-order chi connectivity index (χ1) is 8.49. The summed E-state index contributed by atoms with van der Waals surface area (Å²) in [5.74, 6) is 0. The topological polar surface area (TPSA) is 20.2 Å². The van der Waals surface area contributed by atoms with Crippen LogP contribution in [0.2, 0.25) is 5.02 Å². The average molecular weight is 326 g/mol. The van der Waals surface area contributed by atoms with E-state index in [-0.39, 0.29) is 0 Å². The van der Waals surface area contributed by atoms with Crippen LogP contribution in [0.25, 0.3) is 0 Å². The summed E-state index contributed by atoms with van der Waals surface area (Å²) in [7, 11) is 0. The van der Waals surface area contributed by atoms with Crippen molar-refractivity contribution in [2.24, 2.45) is 0 Å². The molecule has 0 fully saturated rings. The molecule has 0 bridgehead atoms. The summed E-state index contributed by atoms with van der Waals surface area (Å²) in [5, 5.41) is 11.3. The summed E-state index contributed by atoms with van der Waals surface area (Å²) in [5.41, 5.74) is 0.885. The van der Waals surface area contributed by atoms with E-state index in [0.29, 0.717) is 11.4 Å². The third kappa shape index (κ3) is 3.14. The van der Waals surface area contributed by atoms with Crippen molar-refractivity contribution in [3.63, 3.8) is 0 Å². The molecule has 3 heteroatoms. The van der Waals surface area contributed by atoms with Crippen LogP contribution in [0, 0.1) is 0 Å². The highest BCUT2D eigenvalue weighted by atomic mass is 79.9. The van der Waals surface area contributed by atoms with E-state index in [9.17, 15) is 5.11 Å². The molecule has 1 nitrogen and oxygen atoms in total. The lowest BCUT2D eigenvalue weighted by atomic mass is 9.89. The van der Waals surface area contributed by atoms with Crippen LogP contribution in [0.3, 0.4) is 0 Å². The molecule has 0 aliphatic carbocycles. The van der Waals surface area contributed by atoms with Gasteiger partial charge in [0.1, 0.15) is 0 Å². The average Bonchev–Trinajstić information content (AvgIpc) is 2.32. The van der Waals surface area contributed by atoms with Gasteiger partial charge in [-0.25, -0.2) is 0 Å². The second-order valence-corrected chi connectivity index (χ2v) is 5.88. The minimum Gasteiger partial charge on any atom is -0.385 e. The van der Waals surface area contributed by atoms with Gasteiger partial charge < -0.3 is 5.11 Å².